The van der Waals surface area contributed by atoms with Crippen molar-refractivity contribution in [3.8, 4) is 0 Å². The lowest BCUT2D eigenvalue weighted by atomic mass is 9.70. The number of rotatable bonds is 3. The molecule has 4 N–H and O–H groups in total. The standard InChI is InChI=1S/C10H18O.C4H6O5/c1-9(2)7-4-5-10(9,3)8(11)6-7;5-2(4(8)9)1-3(6)7/h7-8,11H,4-6H2,1-3H3;2,5H,1H2,(H,6,7)(H,8,9). The average molecular weight is 288 g/mol. The first kappa shape index (κ1) is 16.9. The maximum absolute atomic E-state index is 9.81. The molecule has 2 bridgehead atoms. The van der Waals surface area contributed by atoms with Crippen molar-refractivity contribution in [2.24, 2.45) is 16.7 Å². The molecule has 2 fully saturated rings. The van der Waals surface area contributed by atoms with E-state index in [1.54, 1.807) is 0 Å². The average Bonchev–Trinajstić information content (AvgIpc) is 2.62. The lowest BCUT2D eigenvalue weighted by molar-refractivity contribution is -0.152. The Hall–Kier alpha value is -1.14. The van der Waals surface area contributed by atoms with Gasteiger partial charge in [0.25, 0.3) is 0 Å². The first-order valence-corrected chi connectivity index (χ1v) is 6.83. The molecule has 4 atom stereocenters. The maximum atomic E-state index is 9.81. The molecular formula is C14H24O6. The molecule has 116 valence electrons. The van der Waals surface area contributed by atoms with Crippen molar-refractivity contribution in [1.29, 1.82) is 0 Å². The summed E-state index contributed by atoms with van der Waals surface area (Å²) < 4.78 is 0. The summed E-state index contributed by atoms with van der Waals surface area (Å²) in [5, 5.41) is 34.0. The Balaban J connectivity index is 0.000000206. The summed E-state index contributed by atoms with van der Waals surface area (Å²) in [5.74, 6) is -2.06. The number of hydrogen-bond donors (Lipinski definition) is 4. The lowest BCUT2D eigenvalue weighted by Crippen LogP contribution is -2.35. The van der Waals surface area contributed by atoms with Gasteiger partial charge in [-0.25, -0.2) is 4.79 Å². The van der Waals surface area contributed by atoms with Crippen LogP contribution >= 0.6 is 0 Å². The highest BCUT2D eigenvalue weighted by atomic mass is 16.4. The molecule has 0 aromatic rings. The van der Waals surface area contributed by atoms with Crippen LogP contribution in [0.3, 0.4) is 0 Å². The molecule has 0 aromatic heterocycles. The number of aliphatic hydroxyl groups excluding tert-OH is 2. The second-order valence-electron chi connectivity index (χ2n) is 6.58. The fraction of sp³-hybridized carbons (Fsp3) is 0.857. The van der Waals surface area contributed by atoms with Crippen LogP contribution in [0.4, 0.5) is 0 Å². The van der Waals surface area contributed by atoms with Gasteiger partial charge < -0.3 is 20.4 Å². The van der Waals surface area contributed by atoms with Crippen LogP contribution in [0.2, 0.25) is 0 Å². The molecule has 0 heterocycles. The minimum absolute atomic E-state index is 0.0313. The quantitative estimate of drug-likeness (QED) is 0.618. The molecule has 0 amide bonds. The molecule has 2 aliphatic rings. The van der Waals surface area contributed by atoms with Crippen molar-refractivity contribution >= 4 is 11.9 Å². The predicted molar refractivity (Wildman–Crippen MR) is 71.1 cm³/mol. The zero-order valence-electron chi connectivity index (χ0n) is 12.2. The van der Waals surface area contributed by atoms with Gasteiger partial charge in [0.05, 0.1) is 12.5 Å². The fourth-order valence-corrected chi connectivity index (χ4v) is 3.41. The van der Waals surface area contributed by atoms with Crippen LogP contribution in [0.1, 0.15) is 46.5 Å². The molecule has 6 nitrogen and oxygen atoms in total. The van der Waals surface area contributed by atoms with Crippen LogP contribution in [-0.4, -0.2) is 44.6 Å². The number of fused-ring (bicyclic) bond motifs is 2. The Morgan fingerprint density at radius 2 is 1.80 bits per heavy atom. The Morgan fingerprint density at radius 1 is 1.25 bits per heavy atom. The van der Waals surface area contributed by atoms with E-state index in [2.05, 4.69) is 20.8 Å². The van der Waals surface area contributed by atoms with Crippen molar-refractivity contribution < 1.29 is 30.0 Å². The highest BCUT2D eigenvalue weighted by molar-refractivity contribution is 5.79. The van der Waals surface area contributed by atoms with Gasteiger partial charge in [0.15, 0.2) is 6.10 Å². The number of carboxylic acid groups (broad SMARTS) is 2. The number of aliphatic hydroxyl groups is 2. The minimum atomic E-state index is -1.79. The van der Waals surface area contributed by atoms with E-state index >= 15 is 0 Å². The maximum Gasteiger partial charge on any atom is 0.333 e. The molecule has 6 heteroatoms. The fourth-order valence-electron chi connectivity index (χ4n) is 3.41. The number of carbonyl (C=O) groups is 2. The Kier molecular flexibility index (Phi) is 4.82. The van der Waals surface area contributed by atoms with E-state index in [0.717, 1.165) is 12.3 Å². The predicted octanol–water partition coefficient (Wildman–Crippen LogP) is 1.10. The van der Waals surface area contributed by atoms with Crippen LogP contribution in [-0.2, 0) is 9.59 Å². The molecule has 2 rings (SSSR count). The van der Waals surface area contributed by atoms with Gasteiger partial charge >= 0.3 is 11.9 Å². The number of hydrogen-bond acceptors (Lipinski definition) is 4. The topological polar surface area (TPSA) is 115 Å². The van der Waals surface area contributed by atoms with E-state index in [1.807, 2.05) is 0 Å². The molecular weight excluding hydrogens is 264 g/mol. The SMILES string of the molecule is CC1(C)C2CCC1(C)C(O)C2.O=C(O)CC(O)C(=O)O. The first-order valence-electron chi connectivity index (χ1n) is 6.83. The van der Waals surface area contributed by atoms with E-state index in [4.69, 9.17) is 15.3 Å². The second kappa shape index (κ2) is 5.69. The van der Waals surface area contributed by atoms with Crippen LogP contribution in [0.5, 0.6) is 0 Å². The summed E-state index contributed by atoms with van der Waals surface area (Å²) in [7, 11) is 0. The first-order chi connectivity index (χ1) is 9.02. The molecule has 2 aliphatic carbocycles. The normalized spacial score (nSPS) is 35.0. The van der Waals surface area contributed by atoms with Gasteiger partial charge in [-0.05, 0) is 36.0 Å². The van der Waals surface area contributed by atoms with Crippen molar-refractivity contribution in [3.63, 3.8) is 0 Å². The van der Waals surface area contributed by atoms with Crippen LogP contribution in [0.15, 0.2) is 0 Å². The molecule has 0 spiro atoms. The van der Waals surface area contributed by atoms with Gasteiger partial charge in [0.2, 0.25) is 0 Å². The van der Waals surface area contributed by atoms with E-state index in [0.29, 0.717) is 5.41 Å². The molecule has 0 saturated heterocycles. The van der Waals surface area contributed by atoms with E-state index in [1.165, 1.54) is 12.8 Å². The van der Waals surface area contributed by atoms with Gasteiger partial charge in [-0.3, -0.25) is 4.79 Å². The van der Waals surface area contributed by atoms with Gasteiger partial charge in [0, 0.05) is 0 Å². The molecule has 0 aromatic carbocycles. The number of carboxylic acids is 2. The summed E-state index contributed by atoms with van der Waals surface area (Å²) in [6.45, 7) is 6.90. The van der Waals surface area contributed by atoms with Crippen LogP contribution < -0.4 is 0 Å². The van der Waals surface area contributed by atoms with Crippen LogP contribution in [0.25, 0.3) is 0 Å². The lowest BCUT2D eigenvalue weighted by Gasteiger charge is -2.36. The summed E-state index contributed by atoms with van der Waals surface area (Å²) in [6, 6.07) is 0. The largest absolute Gasteiger partial charge is 0.481 e. The minimum Gasteiger partial charge on any atom is -0.481 e. The van der Waals surface area contributed by atoms with Gasteiger partial charge in [0.1, 0.15) is 0 Å². The highest BCUT2D eigenvalue weighted by Gasteiger charge is 2.60. The second-order valence-corrected chi connectivity index (χ2v) is 6.58. The molecule has 4 unspecified atom stereocenters. The summed E-state index contributed by atoms with van der Waals surface area (Å²) >= 11 is 0. The Morgan fingerprint density at radius 3 is 1.95 bits per heavy atom. The summed E-state index contributed by atoms with van der Waals surface area (Å²) in [4.78, 5) is 19.4. The molecule has 20 heavy (non-hydrogen) atoms. The van der Waals surface area contributed by atoms with Gasteiger partial charge in [-0.15, -0.1) is 0 Å². The molecule has 2 saturated carbocycles. The summed E-state index contributed by atoms with van der Waals surface area (Å²) in [5.41, 5.74) is 0.601. The van der Waals surface area contributed by atoms with Crippen molar-refractivity contribution in [2.45, 2.75) is 58.7 Å². The zero-order valence-corrected chi connectivity index (χ0v) is 12.2. The summed E-state index contributed by atoms with van der Waals surface area (Å²) in [6.07, 6.45) is 1.03. The van der Waals surface area contributed by atoms with E-state index < -0.39 is 24.5 Å². The van der Waals surface area contributed by atoms with Crippen molar-refractivity contribution in [1.82, 2.24) is 0 Å². The zero-order chi connectivity index (χ0) is 15.7. The third kappa shape index (κ3) is 2.96. The van der Waals surface area contributed by atoms with Crippen LogP contribution in [0, 0.1) is 16.7 Å². The van der Waals surface area contributed by atoms with E-state index in [9.17, 15) is 14.7 Å². The number of aliphatic carboxylic acids is 2. The molecule has 0 radical (unpaired) electrons. The van der Waals surface area contributed by atoms with E-state index in [-0.39, 0.29) is 11.5 Å². The molecule has 0 aliphatic heterocycles. The van der Waals surface area contributed by atoms with Crippen molar-refractivity contribution in [3.05, 3.63) is 0 Å². The highest BCUT2D eigenvalue weighted by Crippen LogP contribution is 2.65. The van der Waals surface area contributed by atoms with Crippen molar-refractivity contribution in [2.75, 3.05) is 0 Å². The van der Waals surface area contributed by atoms with Gasteiger partial charge in [-0.1, -0.05) is 20.8 Å². The smallest absolute Gasteiger partial charge is 0.333 e. The third-order valence-corrected chi connectivity index (χ3v) is 5.40. The monoisotopic (exact) mass is 288 g/mol. The Bertz CT molecular complexity index is 391. The third-order valence-electron chi connectivity index (χ3n) is 5.40. The Labute approximate surface area is 118 Å². The van der Waals surface area contributed by atoms with Gasteiger partial charge in [-0.2, -0.15) is 0 Å².